The highest BCUT2D eigenvalue weighted by molar-refractivity contribution is 5.83. The zero-order chi connectivity index (χ0) is 12.6. The topological polar surface area (TPSA) is 63.6 Å². The molecule has 1 saturated carbocycles. The van der Waals surface area contributed by atoms with Gasteiger partial charge in [0.15, 0.2) is 0 Å². The van der Waals surface area contributed by atoms with Gasteiger partial charge in [0.1, 0.15) is 0 Å². The standard InChI is InChI=1S/C13H18O4/c1-8(2)17-11(14)7-13(12(15)16)6-9-3-4-10(13)5-9/h3-4,8-10H,5-7H2,1-2H3,(H,15,16). The average molecular weight is 238 g/mol. The fourth-order valence-electron chi connectivity index (χ4n) is 3.04. The lowest BCUT2D eigenvalue weighted by atomic mass is 9.73. The van der Waals surface area contributed by atoms with E-state index in [9.17, 15) is 14.7 Å². The molecule has 0 saturated heterocycles. The lowest BCUT2D eigenvalue weighted by Gasteiger charge is -2.30. The molecule has 2 rings (SSSR count). The van der Waals surface area contributed by atoms with Crippen LogP contribution in [0.1, 0.15) is 33.1 Å². The second-order valence-corrected chi connectivity index (χ2v) is 5.37. The molecule has 0 heterocycles. The van der Waals surface area contributed by atoms with Crippen LogP contribution in [0.3, 0.4) is 0 Å². The van der Waals surface area contributed by atoms with Crippen molar-refractivity contribution in [1.82, 2.24) is 0 Å². The van der Waals surface area contributed by atoms with Crippen LogP contribution in [0, 0.1) is 17.3 Å². The van der Waals surface area contributed by atoms with E-state index >= 15 is 0 Å². The number of carbonyl (C=O) groups excluding carboxylic acids is 1. The first-order valence-corrected chi connectivity index (χ1v) is 6.05. The number of aliphatic carboxylic acids is 1. The van der Waals surface area contributed by atoms with Crippen molar-refractivity contribution in [2.45, 2.75) is 39.2 Å². The summed E-state index contributed by atoms with van der Waals surface area (Å²) in [6.45, 7) is 3.54. The molecule has 94 valence electrons. The van der Waals surface area contributed by atoms with E-state index in [1.165, 1.54) is 0 Å². The van der Waals surface area contributed by atoms with Crippen molar-refractivity contribution in [3.63, 3.8) is 0 Å². The number of carbonyl (C=O) groups is 2. The maximum atomic E-state index is 11.7. The van der Waals surface area contributed by atoms with Gasteiger partial charge >= 0.3 is 11.9 Å². The van der Waals surface area contributed by atoms with Crippen LogP contribution in [0.2, 0.25) is 0 Å². The van der Waals surface area contributed by atoms with E-state index in [1.54, 1.807) is 13.8 Å². The van der Waals surface area contributed by atoms with Gasteiger partial charge in [0.2, 0.25) is 0 Å². The molecule has 2 aliphatic rings. The Bertz CT molecular complexity index is 372. The van der Waals surface area contributed by atoms with Gasteiger partial charge in [-0.15, -0.1) is 0 Å². The van der Waals surface area contributed by atoms with Gasteiger partial charge < -0.3 is 9.84 Å². The Labute approximate surface area is 101 Å². The van der Waals surface area contributed by atoms with E-state index in [4.69, 9.17) is 4.74 Å². The summed E-state index contributed by atoms with van der Waals surface area (Å²) in [6, 6.07) is 0. The molecule has 2 bridgehead atoms. The first kappa shape index (κ1) is 12.1. The second-order valence-electron chi connectivity index (χ2n) is 5.37. The predicted octanol–water partition coefficient (Wildman–Crippen LogP) is 2.00. The average Bonchev–Trinajstić information content (AvgIpc) is 2.75. The van der Waals surface area contributed by atoms with E-state index in [2.05, 4.69) is 6.08 Å². The van der Waals surface area contributed by atoms with Gasteiger partial charge in [0, 0.05) is 0 Å². The number of hydrogen-bond acceptors (Lipinski definition) is 3. The number of carboxylic acids is 1. The van der Waals surface area contributed by atoms with E-state index in [0.29, 0.717) is 12.3 Å². The Morgan fingerprint density at radius 3 is 2.59 bits per heavy atom. The third kappa shape index (κ3) is 2.08. The Morgan fingerprint density at radius 2 is 2.18 bits per heavy atom. The van der Waals surface area contributed by atoms with Gasteiger partial charge in [-0.25, -0.2) is 0 Å². The van der Waals surface area contributed by atoms with Crippen molar-refractivity contribution in [1.29, 1.82) is 0 Å². The maximum absolute atomic E-state index is 11.7. The van der Waals surface area contributed by atoms with Gasteiger partial charge in [0.25, 0.3) is 0 Å². The van der Waals surface area contributed by atoms with Crippen molar-refractivity contribution in [2.75, 3.05) is 0 Å². The summed E-state index contributed by atoms with van der Waals surface area (Å²) in [5, 5.41) is 9.43. The monoisotopic (exact) mass is 238 g/mol. The van der Waals surface area contributed by atoms with E-state index < -0.39 is 17.4 Å². The number of allylic oxidation sites excluding steroid dienone is 2. The number of hydrogen-bond donors (Lipinski definition) is 1. The van der Waals surface area contributed by atoms with Crippen LogP contribution < -0.4 is 0 Å². The summed E-state index contributed by atoms with van der Waals surface area (Å²) in [5.74, 6) is -0.953. The third-order valence-electron chi connectivity index (χ3n) is 3.76. The Hall–Kier alpha value is -1.32. The van der Waals surface area contributed by atoms with Crippen LogP contribution in [0.15, 0.2) is 12.2 Å². The molecular formula is C13H18O4. The molecule has 1 fully saturated rings. The normalized spacial score (nSPS) is 34.3. The van der Waals surface area contributed by atoms with E-state index in [0.717, 1.165) is 6.42 Å². The fraction of sp³-hybridized carbons (Fsp3) is 0.692. The molecular weight excluding hydrogens is 220 g/mol. The van der Waals surface area contributed by atoms with Crippen molar-refractivity contribution < 1.29 is 19.4 Å². The first-order chi connectivity index (χ1) is 7.94. The lowest BCUT2D eigenvalue weighted by Crippen LogP contribution is -2.38. The largest absolute Gasteiger partial charge is 0.481 e. The fourth-order valence-corrected chi connectivity index (χ4v) is 3.04. The third-order valence-corrected chi connectivity index (χ3v) is 3.76. The molecule has 0 aromatic carbocycles. The van der Waals surface area contributed by atoms with Gasteiger partial charge in [-0.05, 0) is 38.5 Å². The Kier molecular flexibility index (Phi) is 2.98. The molecule has 2 aliphatic carbocycles. The Morgan fingerprint density at radius 1 is 1.47 bits per heavy atom. The van der Waals surface area contributed by atoms with Crippen LogP contribution in [0.4, 0.5) is 0 Å². The summed E-state index contributed by atoms with van der Waals surface area (Å²) in [7, 11) is 0. The minimum absolute atomic E-state index is 0.00792. The molecule has 0 aromatic heterocycles. The maximum Gasteiger partial charge on any atom is 0.310 e. The number of rotatable bonds is 4. The Balaban J connectivity index is 2.12. The molecule has 0 aromatic rings. The molecule has 1 N–H and O–H groups in total. The van der Waals surface area contributed by atoms with Crippen molar-refractivity contribution >= 4 is 11.9 Å². The lowest BCUT2D eigenvalue weighted by molar-refractivity contribution is -0.161. The van der Waals surface area contributed by atoms with Gasteiger partial charge in [-0.2, -0.15) is 0 Å². The smallest absolute Gasteiger partial charge is 0.310 e. The zero-order valence-corrected chi connectivity index (χ0v) is 10.2. The van der Waals surface area contributed by atoms with Crippen molar-refractivity contribution in [2.24, 2.45) is 17.3 Å². The summed E-state index contributed by atoms with van der Waals surface area (Å²) in [4.78, 5) is 23.2. The summed E-state index contributed by atoms with van der Waals surface area (Å²) < 4.78 is 5.07. The molecule has 0 radical (unpaired) electrons. The van der Waals surface area contributed by atoms with E-state index in [1.807, 2.05) is 6.08 Å². The number of ether oxygens (including phenoxy) is 1. The molecule has 0 aliphatic heterocycles. The first-order valence-electron chi connectivity index (χ1n) is 6.05. The summed E-state index contributed by atoms with van der Waals surface area (Å²) in [5.41, 5.74) is -0.925. The number of esters is 1. The number of fused-ring (bicyclic) bond motifs is 2. The highest BCUT2D eigenvalue weighted by Gasteiger charge is 2.55. The predicted molar refractivity (Wildman–Crippen MR) is 61.3 cm³/mol. The molecule has 4 nitrogen and oxygen atoms in total. The minimum atomic E-state index is -0.925. The molecule has 0 amide bonds. The summed E-state index contributed by atoms with van der Waals surface area (Å²) in [6.07, 6.45) is 5.25. The highest BCUT2D eigenvalue weighted by Crippen LogP contribution is 2.54. The number of carboxylic acid groups (broad SMARTS) is 1. The van der Waals surface area contributed by atoms with Gasteiger partial charge in [0.05, 0.1) is 17.9 Å². The van der Waals surface area contributed by atoms with Gasteiger partial charge in [-0.3, -0.25) is 9.59 Å². The van der Waals surface area contributed by atoms with Crippen LogP contribution >= 0.6 is 0 Å². The quantitative estimate of drug-likeness (QED) is 0.601. The highest BCUT2D eigenvalue weighted by atomic mass is 16.5. The van der Waals surface area contributed by atoms with Crippen LogP contribution in [0.25, 0.3) is 0 Å². The molecule has 4 heteroatoms. The molecule has 17 heavy (non-hydrogen) atoms. The SMILES string of the molecule is CC(C)OC(=O)CC1(C(=O)O)CC2C=CC1C2. The van der Waals surface area contributed by atoms with Crippen LogP contribution in [0.5, 0.6) is 0 Å². The van der Waals surface area contributed by atoms with Crippen LogP contribution in [-0.4, -0.2) is 23.1 Å². The zero-order valence-electron chi connectivity index (χ0n) is 10.2. The van der Waals surface area contributed by atoms with E-state index in [-0.39, 0.29) is 18.4 Å². The molecule has 3 unspecified atom stereocenters. The second kappa shape index (κ2) is 4.17. The van der Waals surface area contributed by atoms with Crippen LogP contribution in [-0.2, 0) is 14.3 Å². The molecule has 3 atom stereocenters. The van der Waals surface area contributed by atoms with Crippen molar-refractivity contribution in [3.8, 4) is 0 Å². The molecule has 0 spiro atoms. The summed E-state index contributed by atoms with van der Waals surface area (Å²) >= 11 is 0. The minimum Gasteiger partial charge on any atom is -0.481 e. The van der Waals surface area contributed by atoms with Crippen molar-refractivity contribution in [3.05, 3.63) is 12.2 Å². The van der Waals surface area contributed by atoms with Gasteiger partial charge in [-0.1, -0.05) is 12.2 Å².